The summed E-state index contributed by atoms with van der Waals surface area (Å²) in [6.07, 6.45) is 6.07. The van der Waals surface area contributed by atoms with Crippen molar-refractivity contribution in [3.63, 3.8) is 0 Å². The molecule has 0 aromatic carbocycles. The van der Waals surface area contributed by atoms with E-state index in [0.717, 1.165) is 11.7 Å². The summed E-state index contributed by atoms with van der Waals surface area (Å²) in [5.41, 5.74) is 0. The van der Waals surface area contributed by atoms with Gasteiger partial charge >= 0.3 is 0 Å². The van der Waals surface area contributed by atoms with E-state index >= 15 is 0 Å². The monoisotopic (exact) mass is 227 g/mol. The van der Waals surface area contributed by atoms with Crippen LogP contribution in [0.1, 0.15) is 6.92 Å². The van der Waals surface area contributed by atoms with Crippen LogP contribution in [0.25, 0.3) is 0 Å². The lowest BCUT2D eigenvalue weighted by molar-refractivity contribution is 0.103. The molecule has 15 heavy (non-hydrogen) atoms. The summed E-state index contributed by atoms with van der Waals surface area (Å²) >= 11 is 1.06. The summed E-state index contributed by atoms with van der Waals surface area (Å²) in [4.78, 5) is 0. The van der Waals surface area contributed by atoms with E-state index in [-0.39, 0.29) is 12.6 Å². The van der Waals surface area contributed by atoms with Gasteiger partial charge in [0.1, 0.15) is 18.9 Å². The first-order valence-corrected chi connectivity index (χ1v) is 5.23. The molecule has 1 aromatic heterocycles. The maximum atomic E-state index is 9.49. The normalized spacial score (nSPS) is 14.2. The maximum Gasteiger partial charge on any atom is 0.245 e. The van der Waals surface area contributed by atoms with Crippen LogP contribution in [-0.2, 0) is 0 Å². The fraction of sp³-hybridized carbons (Fsp3) is 0.556. The van der Waals surface area contributed by atoms with Crippen LogP contribution in [0.2, 0.25) is 0 Å². The molecule has 0 aliphatic heterocycles. The van der Waals surface area contributed by atoms with Gasteiger partial charge in [0.15, 0.2) is 0 Å². The molecule has 2 N–H and O–H groups in total. The highest BCUT2D eigenvalue weighted by Gasteiger charge is 2.07. The molecule has 0 aliphatic carbocycles. The van der Waals surface area contributed by atoms with Crippen LogP contribution in [0.4, 0.5) is 0 Å². The molecule has 82 valence electrons. The Hall–Kier alpha value is -1.16. The highest BCUT2D eigenvalue weighted by Crippen LogP contribution is 2.04. The van der Waals surface area contributed by atoms with Gasteiger partial charge in [-0.05, 0) is 6.92 Å². The molecule has 0 saturated carbocycles. The van der Waals surface area contributed by atoms with E-state index in [4.69, 9.17) is 11.2 Å². The van der Waals surface area contributed by atoms with Crippen LogP contribution in [0, 0.1) is 12.3 Å². The van der Waals surface area contributed by atoms with Gasteiger partial charge in [-0.2, -0.15) is 4.37 Å². The van der Waals surface area contributed by atoms with E-state index in [9.17, 15) is 5.11 Å². The van der Waals surface area contributed by atoms with E-state index < -0.39 is 6.10 Å². The minimum absolute atomic E-state index is 0.0550. The van der Waals surface area contributed by atoms with Crippen LogP contribution in [0.5, 0.6) is 5.88 Å². The Labute approximate surface area is 92.8 Å². The van der Waals surface area contributed by atoms with Crippen molar-refractivity contribution in [1.82, 2.24) is 14.1 Å². The molecule has 0 spiro atoms. The first-order chi connectivity index (χ1) is 7.22. The molecule has 6 heteroatoms. The zero-order chi connectivity index (χ0) is 11.1. The summed E-state index contributed by atoms with van der Waals surface area (Å²) in [7, 11) is 0. The maximum absolute atomic E-state index is 9.49. The summed E-state index contributed by atoms with van der Waals surface area (Å²) in [5, 5.41) is 12.5. The highest BCUT2D eigenvalue weighted by molar-refractivity contribution is 6.99. The fourth-order valence-corrected chi connectivity index (χ4v) is 1.20. The van der Waals surface area contributed by atoms with Gasteiger partial charge in [0.2, 0.25) is 5.88 Å². The zero-order valence-electron chi connectivity index (χ0n) is 8.38. The third-order valence-electron chi connectivity index (χ3n) is 1.67. The second-order valence-corrected chi connectivity index (χ2v) is 3.56. The van der Waals surface area contributed by atoms with Crippen LogP contribution >= 0.6 is 11.7 Å². The smallest absolute Gasteiger partial charge is 0.245 e. The van der Waals surface area contributed by atoms with E-state index in [1.54, 1.807) is 0 Å². The number of terminal acetylenes is 1. The number of aliphatic hydroxyl groups is 1. The molecular formula is C9H13N3O2S. The van der Waals surface area contributed by atoms with Crippen LogP contribution in [-0.4, -0.2) is 39.2 Å². The molecule has 2 unspecified atom stereocenters. The van der Waals surface area contributed by atoms with Gasteiger partial charge in [0.05, 0.1) is 17.8 Å². The molecule has 1 rings (SSSR count). The summed E-state index contributed by atoms with van der Waals surface area (Å²) in [6.45, 7) is 2.41. The van der Waals surface area contributed by atoms with E-state index in [2.05, 4.69) is 20.0 Å². The van der Waals surface area contributed by atoms with Crippen molar-refractivity contribution in [1.29, 1.82) is 0 Å². The SMILES string of the molecule is C#CC(C)NCC(O)COc1cnsn1. The Balaban J connectivity index is 2.14. The zero-order valence-corrected chi connectivity index (χ0v) is 9.20. The predicted octanol–water partition coefficient (Wildman–Crippen LogP) is -0.111. The Bertz CT molecular complexity index is 310. The number of hydrogen-bond donors (Lipinski definition) is 2. The largest absolute Gasteiger partial charge is 0.473 e. The van der Waals surface area contributed by atoms with Crippen molar-refractivity contribution >= 4 is 11.7 Å². The van der Waals surface area contributed by atoms with E-state index in [1.807, 2.05) is 6.92 Å². The van der Waals surface area contributed by atoms with Gasteiger partial charge in [-0.1, -0.05) is 5.92 Å². The van der Waals surface area contributed by atoms with Gasteiger partial charge in [-0.3, -0.25) is 0 Å². The van der Waals surface area contributed by atoms with Crippen LogP contribution in [0.15, 0.2) is 6.20 Å². The van der Waals surface area contributed by atoms with Crippen molar-refractivity contribution in [2.24, 2.45) is 0 Å². The Morgan fingerprint density at radius 1 is 1.80 bits per heavy atom. The minimum atomic E-state index is -0.609. The number of rotatable bonds is 6. The number of nitrogens with one attached hydrogen (secondary N) is 1. The molecule has 2 atom stereocenters. The molecule has 0 aliphatic rings. The quantitative estimate of drug-likeness (QED) is 0.664. The van der Waals surface area contributed by atoms with Gasteiger partial charge in [0, 0.05) is 6.54 Å². The standard InChI is InChI=1S/C9H13N3O2S/c1-3-7(2)10-4-8(13)6-14-9-5-11-15-12-9/h1,5,7-8,10,13H,4,6H2,2H3. The van der Waals surface area contributed by atoms with Gasteiger partial charge < -0.3 is 15.2 Å². The predicted molar refractivity (Wildman–Crippen MR) is 57.7 cm³/mol. The van der Waals surface area contributed by atoms with Crippen molar-refractivity contribution < 1.29 is 9.84 Å². The molecule has 0 fully saturated rings. The van der Waals surface area contributed by atoms with Gasteiger partial charge in [0.25, 0.3) is 0 Å². The number of aromatic nitrogens is 2. The average molecular weight is 227 g/mol. The molecule has 0 saturated heterocycles. The number of aliphatic hydroxyl groups excluding tert-OH is 1. The topological polar surface area (TPSA) is 67.3 Å². The average Bonchev–Trinajstić information content (AvgIpc) is 2.75. The lowest BCUT2D eigenvalue weighted by Gasteiger charge is -2.13. The third-order valence-corrected chi connectivity index (χ3v) is 2.14. The van der Waals surface area contributed by atoms with Crippen molar-refractivity contribution in [2.45, 2.75) is 19.1 Å². The van der Waals surface area contributed by atoms with Crippen molar-refractivity contribution in [2.75, 3.05) is 13.2 Å². The van der Waals surface area contributed by atoms with Gasteiger partial charge in [-0.15, -0.1) is 10.8 Å². The second kappa shape index (κ2) is 6.35. The number of ether oxygens (including phenoxy) is 1. The summed E-state index contributed by atoms with van der Waals surface area (Å²) in [6, 6.07) is -0.0550. The van der Waals surface area contributed by atoms with Gasteiger partial charge in [-0.25, -0.2) is 0 Å². The first-order valence-electron chi connectivity index (χ1n) is 4.50. The Kier molecular flexibility index (Phi) is 5.04. The van der Waals surface area contributed by atoms with Crippen molar-refractivity contribution in [3.8, 4) is 18.2 Å². The summed E-state index contributed by atoms with van der Waals surface area (Å²) < 4.78 is 12.8. The van der Waals surface area contributed by atoms with Crippen molar-refractivity contribution in [3.05, 3.63) is 6.20 Å². The van der Waals surface area contributed by atoms with Crippen LogP contribution < -0.4 is 10.1 Å². The lowest BCUT2D eigenvalue weighted by Crippen LogP contribution is -2.35. The molecule has 0 bridgehead atoms. The first kappa shape index (κ1) is 11.9. The van der Waals surface area contributed by atoms with E-state index in [0.29, 0.717) is 12.4 Å². The summed E-state index contributed by atoms with van der Waals surface area (Å²) in [5.74, 6) is 2.94. The highest BCUT2D eigenvalue weighted by atomic mass is 32.1. The molecule has 1 heterocycles. The molecule has 5 nitrogen and oxygen atoms in total. The number of nitrogens with zero attached hydrogens (tertiary/aromatic N) is 2. The lowest BCUT2D eigenvalue weighted by atomic mass is 10.3. The number of hydrogen-bond acceptors (Lipinski definition) is 6. The van der Waals surface area contributed by atoms with E-state index in [1.165, 1.54) is 6.20 Å². The fourth-order valence-electron chi connectivity index (χ4n) is 0.832. The van der Waals surface area contributed by atoms with Crippen LogP contribution in [0.3, 0.4) is 0 Å². The molecule has 0 radical (unpaired) electrons. The molecular weight excluding hydrogens is 214 g/mol. The Morgan fingerprint density at radius 3 is 3.20 bits per heavy atom. The Morgan fingerprint density at radius 2 is 2.60 bits per heavy atom. The molecule has 0 amide bonds. The third kappa shape index (κ3) is 4.74. The molecule has 1 aromatic rings. The second-order valence-electron chi connectivity index (χ2n) is 3.01. The minimum Gasteiger partial charge on any atom is -0.473 e.